The molecule has 0 aliphatic rings. The Hall–Kier alpha value is -1.33. The van der Waals surface area contributed by atoms with Crippen LogP contribution in [0.5, 0.6) is 0 Å². The summed E-state index contributed by atoms with van der Waals surface area (Å²) in [6, 6.07) is 0.0312. The minimum absolute atomic E-state index is 0.0312. The van der Waals surface area contributed by atoms with Crippen molar-refractivity contribution >= 4 is 11.3 Å². The van der Waals surface area contributed by atoms with E-state index in [1.165, 1.54) is 0 Å². The average molecular weight is 220 g/mol. The van der Waals surface area contributed by atoms with Crippen molar-refractivity contribution < 1.29 is 0 Å². The number of hydrogen-bond donors (Lipinski definition) is 1. The van der Waals surface area contributed by atoms with Gasteiger partial charge in [0.05, 0.1) is 28.6 Å². The van der Waals surface area contributed by atoms with Gasteiger partial charge in [0, 0.05) is 17.8 Å². The Bertz CT molecular complexity index is 426. The molecule has 2 heterocycles. The van der Waals surface area contributed by atoms with Gasteiger partial charge in [0.2, 0.25) is 0 Å². The third-order valence-electron chi connectivity index (χ3n) is 2.10. The third kappa shape index (κ3) is 2.19. The van der Waals surface area contributed by atoms with E-state index in [1.807, 2.05) is 19.4 Å². The van der Waals surface area contributed by atoms with Gasteiger partial charge in [0.25, 0.3) is 0 Å². The minimum atomic E-state index is 0.0312. The number of thiazole rings is 1. The van der Waals surface area contributed by atoms with Crippen LogP contribution in [0.4, 0.5) is 0 Å². The van der Waals surface area contributed by atoms with Crippen LogP contribution in [-0.4, -0.2) is 22.0 Å². The van der Waals surface area contributed by atoms with E-state index in [1.54, 1.807) is 29.9 Å². The van der Waals surface area contributed by atoms with E-state index in [0.29, 0.717) is 0 Å². The molecule has 0 radical (unpaired) electrons. The van der Waals surface area contributed by atoms with E-state index >= 15 is 0 Å². The highest BCUT2D eigenvalue weighted by Gasteiger charge is 2.15. The van der Waals surface area contributed by atoms with Crippen LogP contribution in [-0.2, 0) is 0 Å². The Labute approximate surface area is 92.4 Å². The molecule has 0 spiro atoms. The first-order chi connectivity index (χ1) is 7.31. The van der Waals surface area contributed by atoms with Crippen LogP contribution in [0.1, 0.15) is 22.4 Å². The van der Waals surface area contributed by atoms with E-state index in [0.717, 1.165) is 16.4 Å². The summed E-state index contributed by atoms with van der Waals surface area (Å²) in [7, 11) is 1.90. The lowest BCUT2D eigenvalue weighted by Gasteiger charge is -2.11. The standard InChI is InChI=1S/C10H12N4S/c1-7-14-9(6-15-7)10(11-2)8-5-12-3-4-13-8/h3-6,10-11H,1-2H3. The molecular weight excluding hydrogens is 208 g/mol. The molecule has 0 aliphatic heterocycles. The molecule has 0 aromatic carbocycles. The molecule has 0 bridgehead atoms. The molecule has 0 aliphatic carbocycles. The zero-order valence-corrected chi connectivity index (χ0v) is 9.45. The zero-order valence-electron chi connectivity index (χ0n) is 8.64. The predicted octanol–water partition coefficient (Wildman–Crippen LogP) is 1.55. The molecule has 1 atom stereocenters. The van der Waals surface area contributed by atoms with E-state index < -0.39 is 0 Å². The second-order valence-electron chi connectivity index (χ2n) is 3.14. The number of rotatable bonds is 3. The molecule has 0 saturated heterocycles. The number of aromatic nitrogens is 3. The first-order valence-electron chi connectivity index (χ1n) is 4.66. The lowest BCUT2D eigenvalue weighted by molar-refractivity contribution is 0.651. The highest BCUT2D eigenvalue weighted by molar-refractivity contribution is 7.09. The summed E-state index contributed by atoms with van der Waals surface area (Å²) >= 11 is 1.64. The summed E-state index contributed by atoms with van der Waals surface area (Å²) in [4.78, 5) is 12.8. The molecule has 2 rings (SSSR count). The van der Waals surface area contributed by atoms with Gasteiger partial charge in [0.15, 0.2) is 0 Å². The monoisotopic (exact) mass is 220 g/mol. The minimum Gasteiger partial charge on any atom is -0.307 e. The van der Waals surface area contributed by atoms with Crippen molar-refractivity contribution in [2.75, 3.05) is 7.05 Å². The van der Waals surface area contributed by atoms with Gasteiger partial charge in [-0.3, -0.25) is 9.97 Å². The van der Waals surface area contributed by atoms with Crippen LogP contribution in [0.25, 0.3) is 0 Å². The van der Waals surface area contributed by atoms with Crippen LogP contribution in [0, 0.1) is 6.92 Å². The van der Waals surface area contributed by atoms with Crippen molar-refractivity contribution in [3.8, 4) is 0 Å². The molecule has 15 heavy (non-hydrogen) atoms. The van der Waals surface area contributed by atoms with Crippen LogP contribution in [0.15, 0.2) is 24.0 Å². The third-order valence-corrected chi connectivity index (χ3v) is 2.89. The summed E-state index contributed by atoms with van der Waals surface area (Å²) in [5, 5.41) is 6.30. The Morgan fingerprint density at radius 3 is 2.73 bits per heavy atom. The Morgan fingerprint density at radius 1 is 1.33 bits per heavy atom. The van der Waals surface area contributed by atoms with Gasteiger partial charge in [-0.2, -0.15) is 0 Å². The molecule has 1 N–H and O–H groups in total. The molecule has 2 aromatic heterocycles. The van der Waals surface area contributed by atoms with Gasteiger partial charge in [-0.25, -0.2) is 4.98 Å². The maximum absolute atomic E-state index is 4.45. The summed E-state index contributed by atoms with van der Waals surface area (Å²) in [5.41, 5.74) is 1.89. The van der Waals surface area contributed by atoms with Crippen LogP contribution < -0.4 is 5.32 Å². The van der Waals surface area contributed by atoms with Crippen molar-refractivity contribution in [2.24, 2.45) is 0 Å². The quantitative estimate of drug-likeness (QED) is 0.852. The summed E-state index contributed by atoms with van der Waals surface area (Å²) < 4.78 is 0. The molecular formula is C10H12N4S. The largest absolute Gasteiger partial charge is 0.307 e. The molecule has 0 amide bonds. The lowest BCUT2D eigenvalue weighted by Crippen LogP contribution is -2.19. The highest BCUT2D eigenvalue weighted by Crippen LogP contribution is 2.20. The van der Waals surface area contributed by atoms with Crippen molar-refractivity contribution in [1.82, 2.24) is 20.3 Å². The second-order valence-corrected chi connectivity index (χ2v) is 4.21. The van der Waals surface area contributed by atoms with Gasteiger partial charge in [-0.15, -0.1) is 11.3 Å². The smallest absolute Gasteiger partial charge is 0.0947 e. The molecule has 78 valence electrons. The summed E-state index contributed by atoms with van der Waals surface area (Å²) in [6.07, 6.45) is 5.12. The Kier molecular flexibility index (Phi) is 3.03. The van der Waals surface area contributed by atoms with Crippen LogP contribution in [0.2, 0.25) is 0 Å². The van der Waals surface area contributed by atoms with E-state index in [-0.39, 0.29) is 6.04 Å². The highest BCUT2D eigenvalue weighted by atomic mass is 32.1. The van der Waals surface area contributed by atoms with Crippen molar-refractivity contribution in [1.29, 1.82) is 0 Å². The molecule has 1 unspecified atom stereocenters. The fraction of sp³-hybridized carbons (Fsp3) is 0.300. The Balaban J connectivity index is 2.33. The second kappa shape index (κ2) is 4.46. The number of aryl methyl sites for hydroxylation is 1. The SMILES string of the molecule is CNC(c1cnccn1)c1csc(C)n1. The van der Waals surface area contributed by atoms with Gasteiger partial charge in [0.1, 0.15) is 0 Å². The van der Waals surface area contributed by atoms with Crippen molar-refractivity contribution in [2.45, 2.75) is 13.0 Å². The number of nitrogens with one attached hydrogen (secondary N) is 1. The molecule has 0 saturated carbocycles. The zero-order chi connectivity index (χ0) is 10.7. The van der Waals surface area contributed by atoms with E-state index in [2.05, 4.69) is 20.3 Å². The average Bonchev–Trinajstić information content (AvgIpc) is 2.68. The molecule has 2 aromatic rings. The predicted molar refractivity (Wildman–Crippen MR) is 59.8 cm³/mol. The van der Waals surface area contributed by atoms with E-state index in [9.17, 15) is 0 Å². The summed E-state index contributed by atoms with van der Waals surface area (Å²) in [6.45, 7) is 2.00. The fourth-order valence-corrected chi connectivity index (χ4v) is 2.06. The topological polar surface area (TPSA) is 50.7 Å². The molecule has 4 nitrogen and oxygen atoms in total. The Morgan fingerprint density at radius 2 is 2.20 bits per heavy atom. The maximum atomic E-state index is 4.45. The van der Waals surface area contributed by atoms with Crippen molar-refractivity contribution in [3.05, 3.63) is 40.4 Å². The van der Waals surface area contributed by atoms with Crippen LogP contribution in [0.3, 0.4) is 0 Å². The lowest BCUT2D eigenvalue weighted by atomic mass is 10.1. The van der Waals surface area contributed by atoms with Gasteiger partial charge in [-0.1, -0.05) is 0 Å². The maximum Gasteiger partial charge on any atom is 0.0947 e. The normalized spacial score (nSPS) is 12.7. The summed E-state index contributed by atoms with van der Waals surface area (Å²) in [5.74, 6) is 0. The van der Waals surface area contributed by atoms with Gasteiger partial charge in [-0.05, 0) is 14.0 Å². The molecule has 5 heteroatoms. The van der Waals surface area contributed by atoms with Crippen LogP contribution >= 0.6 is 11.3 Å². The first kappa shape index (κ1) is 10.2. The van der Waals surface area contributed by atoms with Crippen molar-refractivity contribution in [3.63, 3.8) is 0 Å². The number of hydrogen-bond acceptors (Lipinski definition) is 5. The first-order valence-corrected chi connectivity index (χ1v) is 5.54. The van der Waals surface area contributed by atoms with E-state index in [4.69, 9.17) is 0 Å². The fourth-order valence-electron chi connectivity index (χ4n) is 1.42. The number of nitrogens with zero attached hydrogens (tertiary/aromatic N) is 3. The van der Waals surface area contributed by atoms with Gasteiger partial charge < -0.3 is 5.32 Å². The van der Waals surface area contributed by atoms with Gasteiger partial charge >= 0.3 is 0 Å². The molecule has 0 fully saturated rings.